The van der Waals surface area contributed by atoms with Gasteiger partial charge in [-0.1, -0.05) is 20.8 Å². The maximum Gasteiger partial charge on any atom is 0.292 e. The number of methoxy groups -OCH3 is 1. The van der Waals surface area contributed by atoms with Crippen molar-refractivity contribution in [3.05, 3.63) is 0 Å². The first kappa shape index (κ1) is 31.6. The molecule has 31 heavy (non-hydrogen) atoms. The summed E-state index contributed by atoms with van der Waals surface area (Å²) in [6, 6.07) is 0.180. The van der Waals surface area contributed by atoms with E-state index in [9.17, 15) is 9.59 Å². The molecule has 0 bridgehead atoms. The number of hydrogen-bond acceptors (Lipinski definition) is 7. The highest BCUT2D eigenvalue weighted by Crippen LogP contribution is 2.29. The van der Waals surface area contributed by atoms with Crippen LogP contribution in [0.1, 0.15) is 52.9 Å². The highest BCUT2D eigenvalue weighted by Gasteiger charge is 2.34. The molecule has 0 saturated carbocycles. The van der Waals surface area contributed by atoms with Gasteiger partial charge < -0.3 is 23.2 Å². The van der Waals surface area contributed by atoms with E-state index in [0.29, 0.717) is 32.5 Å². The molecule has 2 heterocycles. The number of carbonyl (C=O) groups excluding carboxylic acids is 3. The second-order valence-electron chi connectivity index (χ2n) is 7.75. The first-order chi connectivity index (χ1) is 14.8. The summed E-state index contributed by atoms with van der Waals surface area (Å²) in [7, 11) is 2.65. The summed E-state index contributed by atoms with van der Waals surface area (Å²) in [5.74, 6) is 0.987. The summed E-state index contributed by atoms with van der Waals surface area (Å²) < 4.78 is 14.7. The zero-order chi connectivity index (χ0) is 23.6. The van der Waals surface area contributed by atoms with Crippen molar-refractivity contribution >= 4 is 77.2 Å². The summed E-state index contributed by atoms with van der Waals surface area (Å²) in [4.78, 5) is 37.1. The fraction of sp³-hybridized carbons (Fsp3) is 0.842. The number of likely N-dealkylation sites (tertiary alicyclic amines) is 2. The number of nitrogens with zero attached hydrogens (tertiary/aromatic N) is 2. The molecule has 2 rings (SSSR count). The van der Waals surface area contributed by atoms with Crippen LogP contribution in [-0.4, -0.2) is 73.6 Å². The third-order valence-electron chi connectivity index (χ3n) is 4.37. The predicted molar refractivity (Wildman–Crippen MR) is 144 cm³/mol. The van der Waals surface area contributed by atoms with Crippen LogP contribution < -0.4 is 0 Å². The monoisotopic (exact) mass is 704 g/mol. The van der Waals surface area contributed by atoms with Crippen molar-refractivity contribution < 1.29 is 27.8 Å². The Hall–Kier alpha value is 0.570. The average molecular weight is 704 g/mol. The lowest BCUT2D eigenvalue weighted by Gasteiger charge is -2.26. The van der Waals surface area contributed by atoms with Gasteiger partial charge in [-0.15, -0.1) is 0 Å². The third-order valence-corrected chi connectivity index (χ3v) is 6.58. The lowest BCUT2D eigenvalue weighted by molar-refractivity contribution is -0.139. The molecule has 8 nitrogen and oxygen atoms in total. The average Bonchev–Trinajstić information content (AvgIpc) is 3.33. The Morgan fingerprint density at radius 1 is 1.35 bits per heavy atom. The number of amides is 2. The van der Waals surface area contributed by atoms with E-state index >= 15 is 0 Å². The molecular weight excluding hydrogens is 669 g/mol. The Kier molecular flexibility index (Phi) is 20.4. The fourth-order valence-electron chi connectivity index (χ4n) is 3.08. The van der Waals surface area contributed by atoms with Gasteiger partial charge in [0, 0.05) is 46.8 Å². The van der Waals surface area contributed by atoms with E-state index in [-0.39, 0.29) is 30.5 Å². The van der Waals surface area contributed by atoms with Gasteiger partial charge in [-0.25, -0.2) is 0 Å². The van der Waals surface area contributed by atoms with Gasteiger partial charge in [-0.3, -0.25) is 14.4 Å². The summed E-state index contributed by atoms with van der Waals surface area (Å²) in [6.45, 7) is 9.59. The Bertz CT molecular complexity index is 519. The summed E-state index contributed by atoms with van der Waals surface area (Å²) in [5.41, 5.74) is 0. The van der Waals surface area contributed by atoms with Crippen molar-refractivity contribution in [3.8, 4) is 0 Å². The second-order valence-corrected chi connectivity index (χ2v) is 10.9. The number of ether oxygens (including phenoxy) is 1. The molecule has 0 N–H and O–H groups in total. The second kappa shape index (κ2) is 20.0. The molecule has 3 atom stereocenters. The number of halogens is 2. The van der Waals surface area contributed by atoms with E-state index in [1.807, 2.05) is 4.90 Å². The Morgan fingerprint density at radius 2 is 2.00 bits per heavy atom. The molecular formula is C19H35I2N2O6PS. The summed E-state index contributed by atoms with van der Waals surface area (Å²) in [6.07, 6.45) is 4.27. The number of carbonyl (C=O) groups is 3. The minimum absolute atomic E-state index is 0.0483. The first-order valence-electron chi connectivity index (χ1n) is 10.3. The summed E-state index contributed by atoms with van der Waals surface area (Å²) >= 11 is 4.30. The molecule has 12 heteroatoms. The Labute approximate surface area is 217 Å². The predicted octanol–water partition coefficient (Wildman–Crippen LogP) is 4.78. The van der Waals surface area contributed by atoms with Gasteiger partial charge in [0.15, 0.2) is 0 Å². The van der Waals surface area contributed by atoms with E-state index in [2.05, 4.69) is 68.8 Å². The molecule has 2 aliphatic rings. The van der Waals surface area contributed by atoms with Gasteiger partial charge in [0.2, 0.25) is 11.8 Å². The van der Waals surface area contributed by atoms with Crippen LogP contribution in [-0.2, 0) is 27.8 Å². The first-order valence-corrected chi connectivity index (χ1v) is 17.6. The molecule has 2 amide bonds. The molecule has 0 aromatic rings. The molecule has 182 valence electrons. The molecule has 2 fully saturated rings. The smallest absolute Gasteiger partial charge is 0.292 e. The zero-order valence-corrected chi connectivity index (χ0v) is 24.8. The van der Waals surface area contributed by atoms with Crippen LogP contribution in [0.4, 0.5) is 0 Å². The Balaban J connectivity index is 0.000000967. The van der Waals surface area contributed by atoms with Gasteiger partial charge in [-0.05, 0) is 53.6 Å². The number of hydrogen-bond donors (Lipinski definition) is 0. The van der Waals surface area contributed by atoms with Crippen molar-refractivity contribution in [2.24, 2.45) is 5.92 Å². The van der Waals surface area contributed by atoms with Crippen LogP contribution in [0.15, 0.2) is 0 Å². The van der Waals surface area contributed by atoms with Crippen molar-refractivity contribution in [2.75, 3.05) is 33.4 Å². The van der Waals surface area contributed by atoms with Crippen molar-refractivity contribution in [1.29, 1.82) is 0 Å². The standard InChI is InChI=1S/C13H21I2N2O4PS.C4H10.C2H4O2/c14-22-21-11-5-6-16(8-11)13(19)9-17-10(3-4-12(17)18)2-1-7-20-23-15;1-4(2)3;1-4-2-3/h10-11,22H,1-9H2;4H,1-3H3;2H,1H3. The van der Waals surface area contributed by atoms with E-state index in [0.717, 1.165) is 38.1 Å². The number of rotatable bonds is 10. The van der Waals surface area contributed by atoms with Crippen LogP contribution in [0.5, 0.6) is 0 Å². The SMILES string of the molecule is CC(C)C.COC=O.O=C(CN1C(=O)CCC1CCCOSI)N1CCC(OPI)C1. The quantitative estimate of drug-likeness (QED) is 0.106. The van der Waals surface area contributed by atoms with Crippen LogP contribution in [0.25, 0.3) is 0 Å². The van der Waals surface area contributed by atoms with E-state index in [4.69, 9.17) is 13.5 Å². The highest BCUT2D eigenvalue weighted by molar-refractivity contribution is 14.2. The molecule has 2 aliphatic heterocycles. The minimum atomic E-state index is 0.0483. The van der Waals surface area contributed by atoms with Crippen LogP contribution >= 0.6 is 58.9 Å². The molecule has 2 saturated heterocycles. The van der Waals surface area contributed by atoms with Gasteiger partial charge in [0.25, 0.3) is 6.47 Å². The normalized spacial score (nSPS) is 20.5. The van der Waals surface area contributed by atoms with Gasteiger partial charge in [0.05, 0.1) is 35.5 Å². The zero-order valence-electron chi connectivity index (χ0n) is 18.7. The van der Waals surface area contributed by atoms with Crippen LogP contribution in [0, 0.1) is 5.92 Å². The largest absolute Gasteiger partial charge is 0.471 e. The van der Waals surface area contributed by atoms with Gasteiger partial charge in [0.1, 0.15) is 6.54 Å². The van der Waals surface area contributed by atoms with Gasteiger partial charge in [-0.2, -0.15) is 0 Å². The molecule has 3 unspecified atom stereocenters. The lowest BCUT2D eigenvalue weighted by Crippen LogP contribution is -2.43. The van der Waals surface area contributed by atoms with Gasteiger partial charge >= 0.3 is 0 Å². The van der Waals surface area contributed by atoms with E-state index in [1.54, 1.807) is 4.90 Å². The minimum Gasteiger partial charge on any atom is -0.471 e. The van der Waals surface area contributed by atoms with Crippen molar-refractivity contribution in [2.45, 2.75) is 65.0 Å². The molecule has 0 aromatic heterocycles. The van der Waals surface area contributed by atoms with Crippen molar-refractivity contribution in [1.82, 2.24) is 9.80 Å². The lowest BCUT2D eigenvalue weighted by atomic mass is 10.1. The maximum atomic E-state index is 12.5. The highest BCUT2D eigenvalue weighted by atomic mass is 127. The van der Waals surface area contributed by atoms with E-state index in [1.165, 1.54) is 16.3 Å². The maximum absolute atomic E-state index is 12.5. The topological polar surface area (TPSA) is 85.4 Å². The molecule has 0 aliphatic carbocycles. The van der Waals surface area contributed by atoms with Crippen molar-refractivity contribution in [3.63, 3.8) is 0 Å². The van der Waals surface area contributed by atoms with E-state index < -0.39 is 0 Å². The Morgan fingerprint density at radius 3 is 2.55 bits per heavy atom. The third kappa shape index (κ3) is 15.2. The molecule has 0 spiro atoms. The molecule has 0 aromatic carbocycles. The fourth-order valence-corrected chi connectivity index (χ4v) is 5.20. The molecule has 0 radical (unpaired) electrons. The summed E-state index contributed by atoms with van der Waals surface area (Å²) in [5, 5.41) is 0. The van der Waals surface area contributed by atoms with Crippen LogP contribution in [0.2, 0.25) is 0 Å². The van der Waals surface area contributed by atoms with Crippen LogP contribution in [0.3, 0.4) is 0 Å².